The molecule has 3 heteroatoms. The van der Waals surface area contributed by atoms with Crippen molar-refractivity contribution >= 4 is 21.7 Å². The van der Waals surface area contributed by atoms with E-state index < -0.39 is 6.10 Å². The normalized spacial score (nSPS) is 18.6. The average molecular weight is 311 g/mol. The lowest BCUT2D eigenvalue weighted by molar-refractivity contribution is -0.129. The number of carbonyl (C=O) groups is 1. The van der Waals surface area contributed by atoms with E-state index >= 15 is 0 Å². The van der Waals surface area contributed by atoms with Gasteiger partial charge in [0, 0.05) is 10.9 Å². The molecular formula is C15H19BrO2. The number of Topliss-reactive ketones (excluding diaryl/α,β-unsaturated/α-hetero) is 1. The maximum atomic E-state index is 12.1. The number of hydrogen-bond donors (Lipinski definition) is 1. The molecule has 2 rings (SSSR count). The molecule has 0 saturated heterocycles. The van der Waals surface area contributed by atoms with E-state index in [0.717, 1.165) is 35.7 Å². The van der Waals surface area contributed by atoms with Crippen LogP contribution in [0.1, 0.15) is 37.7 Å². The first-order valence-electron chi connectivity index (χ1n) is 6.62. The van der Waals surface area contributed by atoms with Gasteiger partial charge in [0.25, 0.3) is 0 Å². The van der Waals surface area contributed by atoms with E-state index in [2.05, 4.69) is 15.9 Å². The molecule has 1 aliphatic carbocycles. The van der Waals surface area contributed by atoms with E-state index in [9.17, 15) is 9.90 Å². The van der Waals surface area contributed by atoms with Crippen molar-refractivity contribution in [3.8, 4) is 0 Å². The number of hydrogen-bond acceptors (Lipinski definition) is 2. The van der Waals surface area contributed by atoms with E-state index in [1.807, 2.05) is 24.3 Å². The molecule has 0 aliphatic heterocycles. The minimum atomic E-state index is -0.780. The van der Waals surface area contributed by atoms with Gasteiger partial charge in [0.1, 0.15) is 6.10 Å². The van der Waals surface area contributed by atoms with Gasteiger partial charge in [-0.15, -0.1) is 0 Å². The predicted octanol–water partition coefficient (Wildman–Crippen LogP) is 3.50. The van der Waals surface area contributed by atoms with Crippen molar-refractivity contribution in [2.45, 2.75) is 44.6 Å². The first-order chi connectivity index (χ1) is 8.68. The molecule has 2 nitrogen and oxygen atoms in total. The van der Waals surface area contributed by atoms with Crippen molar-refractivity contribution in [1.29, 1.82) is 0 Å². The fraction of sp³-hybridized carbons (Fsp3) is 0.533. The molecule has 1 aromatic rings. The van der Waals surface area contributed by atoms with Gasteiger partial charge in [-0.1, -0.05) is 53.4 Å². The van der Waals surface area contributed by atoms with Crippen LogP contribution >= 0.6 is 15.9 Å². The quantitative estimate of drug-likeness (QED) is 0.924. The highest BCUT2D eigenvalue weighted by molar-refractivity contribution is 9.10. The molecule has 1 aliphatic rings. The van der Waals surface area contributed by atoms with E-state index in [1.165, 1.54) is 6.42 Å². The molecular weight excluding hydrogens is 292 g/mol. The summed E-state index contributed by atoms with van der Waals surface area (Å²) >= 11 is 3.44. The third-order valence-electron chi connectivity index (χ3n) is 3.75. The summed E-state index contributed by atoms with van der Waals surface area (Å²) in [5.74, 6) is 0.127. The first-order valence-corrected chi connectivity index (χ1v) is 7.42. The maximum Gasteiger partial charge on any atom is 0.165 e. The Bertz CT molecular complexity index is 411. The lowest BCUT2D eigenvalue weighted by Crippen LogP contribution is -2.32. The molecule has 1 atom stereocenters. The SMILES string of the molecule is O=C(Cc1ccccc1Br)C(O)C1CCCCC1. The Morgan fingerprint density at radius 3 is 2.61 bits per heavy atom. The lowest BCUT2D eigenvalue weighted by atomic mass is 9.83. The third-order valence-corrected chi connectivity index (χ3v) is 4.52. The van der Waals surface area contributed by atoms with Crippen LogP contribution in [-0.4, -0.2) is 17.0 Å². The highest BCUT2D eigenvalue weighted by Gasteiger charge is 2.27. The average Bonchev–Trinajstić information content (AvgIpc) is 2.41. The van der Waals surface area contributed by atoms with Crippen LogP contribution in [0.4, 0.5) is 0 Å². The van der Waals surface area contributed by atoms with Crippen molar-refractivity contribution in [3.05, 3.63) is 34.3 Å². The molecule has 1 N–H and O–H groups in total. The summed E-state index contributed by atoms with van der Waals surface area (Å²) in [6, 6.07) is 7.70. The zero-order valence-corrected chi connectivity index (χ0v) is 12.0. The molecule has 1 saturated carbocycles. The van der Waals surface area contributed by atoms with Crippen LogP contribution in [-0.2, 0) is 11.2 Å². The highest BCUT2D eigenvalue weighted by Crippen LogP contribution is 2.27. The van der Waals surface area contributed by atoms with Crippen molar-refractivity contribution in [1.82, 2.24) is 0 Å². The van der Waals surface area contributed by atoms with Crippen LogP contribution in [0.5, 0.6) is 0 Å². The van der Waals surface area contributed by atoms with Crippen LogP contribution in [0.3, 0.4) is 0 Å². The fourth-order valence-corrected chi connectivity index (χ4v) is 3.07. The van der Waals surface area contributed by atoms with Gasteiger partial charge in [0.05, 0.1) is 0 Å². The topological polar surface area (TPSA) is 37.3 Å². The third kappa shape index (κ3) is 3.42. The molecule has 0 spiro atoms. The van der Waals surface area contributed by atoms with E-state index in [1.54, 1.807) is 0 Å². The van der Waals surface area contributed by atoms with Gasteiger partial charge >= 0.3 is 0 Å². The highest BCUT2D eigenvalue weighted by atomic mass is 79.9. The molecule has 1 unspecified atom stereocenters. The van der Waals surface area contributed by atoms with E-state index in [0.29, 0.717) is 6.42 Å². The van der Waals surface area contributed by atoms with Crippen LogP contribution < -0.4 is 0 Å². The molecule has 0 radical (unpaired) electrons. The summed E-state index contributed by atoms with van der Waals surface area (Å²) in [5.41, 5.74) is 0.956. The minimum Gasteiger partial charge on any atom is -0.385 e. The summed E-state index contributed by atoms with van der Waals surface area (Å²) in [4.78, 5) is 12.1. The second-order valence-corrected chi connectivity index (χ2v) is 5.93. The van der Waals surface area contributed by atoms with Crippen molar-refractivity contribution < 1.29 is 9.90 Å². The number of aliphatic hydroxyl groups is 1. The Balaban J connectivity index is 1.97. The van der Waals surface area contributed by atoms with E-state index in [-0.39, 0.29) is 11.7 Å². The second-order valence-electron chi connectivity index (χ2n) is 5.08. The second kappa shape index (κ2) is 6.48. The van der Waals surface area contributed by atoms with Crippen LogP contribution in [0.15, 0.2) is 28.7 Å². The van der Waals surface area contributed by atoms with Gasteiger partial charge in [-0.3, -0.25) is 4.79 Å². The van der Waals surface area contributed by atoms with Crippen LogP contribution in [0.2, 0.25) is 0 Å². The smallest absolute Gasteiger partial charge is 0.165 e. The molecule has 0 amide bonds. The van der Waals surface area contributed by atoms with Crippen molar-refractivity contribution in [2.75, 3.05) is 0 Å². The van der Waals surface area contributed by atoms with Crippen molar-refractivity contribution in [2.24, 2.45) is 5.92 Å². The molecule has 98 valence electrons. The largest absolute Gasteiger partial charge is 0.385 e. The number of benzene rings is 1. The number of halogens is 1. The summed E-state index contributed by atoms with van der Waals surface area (Å²) in [7, 11) is 0. The minimum absolute atomic E-state index is 0.0474. The van der Waals surface area contributed by atoms with Gasteiger partial charge in [-0.05, 0) is 30.4 Å². The zero-order chi connectivity index (χ0) is 13.0. The van der Waals surface area contributed by atoms with Gasteiger partial charge in [-0.2, -0.15) is 0 Å². The Kier molecular flexibility index (Phi) is 4.95. The Morgan fingerprint density at radius 1 is 1.28 bits per heavy atom. The molecule has 0 aromatic heterocycles. The number of rotatable bonds is 4. The van der Waals surface area contributed by atoms with Crippen LogP contribution in [0, 0.1) is 5.92 Å². The van der Waals surface area contributed by atoms with Gasteiger partial charge in [-0.25, -0.2) is 0 Å². The number of aliphatic hydroxyl groups excluding tert-OH is 1. The number of ketones is 1. The summed E-state index contributed by atoms with van der Waals surface area (Å²) < 4.78 is 0.939. The summed E-state index contributed by atoms with van der Waals surface area (Å²) in [6.45, 7) is 0. The standard InChI is InChI=1S/C15H19BrO2/c16-13-9-5-4-8-12(13)10-14(17)15(18)11-6-2-1-3-7-11/h4-5,8-9,11,15,18H,1-3,6-7,10H2. The van der Waals surface area contributed by atoms with Crippen LogP contribution in [0.25, 0.3) is 0 Å². The molecule has 0 heterocycles. The molecule has 1 aromatic carbocycles. The Morgan fingerprint density at radius 2 is 1.94 bits per heavy atom. The molecule has 18 heavy (non-hydrogen) atoms. The predicted molar refractivity (Wildman–Crippen MR) is 75.4 cm³/mol. The van der Waals surface area contributed by atoms with Gasteiger partial charge in [0.2, 0.25) is 0 Å². The Hall–Kier alpha value is -0.670. The molecule has 1 fully saturated rings. The monoisotopic (exact) mass is 310 g/mol. The van der Waals surface area contributed by atoms with Gasteiger partial charge in [0.15, 0.2) is 5.78 Å². The van der Waals surface area contributed by atoms with Crippen molar-refractivity contribution in [3.63, 3.8) is 0 Å². The number of carbonyl (C=O) groups excluding carboxylic acids is 1. The lowest BCUT2D eigenvalue weighted by Gasteiger charge is -2.25. The summed E-state index contributed by atoms with van der Waals surface area (Å²) in [5, 5.41) is 10.1. The van der Waals surface area contributed by atoms with E-state index in [4.69, 9.17) is 0 Å². The Labute approximate surface area is 117 Å². The van der Waals surface area contributed by atoms with Gasteiger partial charge < -0.3 is 5.11 Å². The molecule has 0 bridgehead atoms. The fourth-order valence-electron chi connectivity index (χ4n) is 2.65. The first kappa shape index (κ1) is 13.8. The summed E-state index contributed by atoms with van der Waals surface area (Å²) in [6.07, 6.45) is 5.04. The maximum absolute atomic E-state index is 12.1. The zero-order valence-electron chi connectivity index (χ0n) is 10.4.